The minimum Gasteiger partial charge on any atom is -0.381 e. The van der Waals surface area contributed by atoms with Crippen LogP contribution < -0.4 is 15.4 Å². The number of amides is 2. The molecule has 3 rings (SSSR count). The SMILES string of the molecule is CS(=O)(=O)N1CCCc2cc(C(=O)NC(CC(N)=O)C3CCOCC3)ccc21. The van der Waals surface area contributed by atoms with Gasteiger partial charge in [0.25, 0.3) is 5.91 Å². The van der Waals surface area contributed by atoms with Crippen LogP contribution in [0.2, 0.25) is 0 Å². The summed E-state index contributed by atoms with van der Waals surface area (Å²) < 4.78 is 30.7. The highest BCUT2D eigenvalue weighted by atomic mass is 32.2. The van der Waals surface area contributed by atoms with E-state index < -0.39 is 15.9 Å². The Balaban J connectivity index is 1.78. The number of hydrogen-bond acceptors (Lipinski definition) is 5. The average Bonchev–Trinajstić information content (AvgIpc) is 2.66. The number of benzene rings is 1. The predicted molar refractivity (Wildman–Crippen MR) is 106 cm³/mol. The Bertz CT molecular complexity index is 849. The van der Waals surface area contributed by atoms with Crippen molar-refractivity contribution in [1.82, 2.24) is 5.32 Å². The van der Waals surface area contributed by atoms with E-state index in [1.54, 1.807) is 18.2 Å². The van der Waals surface area contributed by atoms with Crippen LogP contribution in [0.3, 0.4) is 0 Å². The molecule has 1 saturated heterocycles. The summed E-state index contributed by atoms with van der Waals surface area (Å²) in [5.41, 5.74) is 7.30. The van der Waals surface area contributed by atoms with E-state index in [2.05, 4.69) is 5.32 Å². The molecule has 1 unspecified atom stereocenters. The number of rotatable bonds is 6. The maximum atomic E-state index is 12.8. The average molecular weight is 410 g/mol. The first-order chi connectivity index (χ1) is 13.3. The van der Waals surface area contributed by atoms with Gasteiger partial charge in [-0.3, -0.25) is 13.9 Å². The first-order valence-corrected chi connectivity index (χ1v) is 11.4. The lowest BCUT2D eigenvalue weighted by molar-refractivity contribution is -0.118. The van der Waals surface area contributed by atoms with E-state index in [9.17, 15) is 18.0 Å². The Morgan fingerprint density at radius 1 is 1.32 bits per heavy atom. The maximum absolute atomic E-state index is 12.8. The largest absolute Gasteiger partial charge is 0.381 e. The standard InChI is InChI=1S/C19H27N3O5S/c1-28(25,26)22-8-2-3-14-11-15(4-5-17(14)22)19(24)21-16(12-18(20)23)13-6-9-27-10-7-13/h4-5,11,13,16H,2-3,6-10,12H2,1H3,(H2,20,23)(H,21,24). The molecule has 154 valence electrons. The summed E-state index contributed by atoms with van der Waals surface area (Å²) >= 11 is 0. The van der Waals surface area contributed by atoms with Crippen molar-refractivity contribution in [2.45, 2.75) is 38.1 Å². The summed E-state index contributed by atoms with van der Waals surface area (Å²) in [6, 6.07) is 4.72. The van der Waals surface area contributed by atoms with Gasteiger partial charge in [-0.15, -0.1) is 0 Å². The fourth-order valence-electron chi connectivity index (χ4n) is 3.97. The van der Waals surface area contributed by atoms with Gasteiger partial charge in [0, 0.05) is 37.8 Å². The maximum Gasteiger partial charge on any atom is 0.251 e. The number of sulfonamides is 1. The zero-order valence-electron chi connectivity index (χ0n) is 16.0. The van der Waals surface area contributed by atoms with Gasteiger partial charge in [0.05, 0.1) is 11.9 Å². The molecule has 9 heteroatoms. The molecule has 1 atom stereocenters. The first kappa shape index (κ1) is 20.6. The van der Waals surface area contributed by atoms with Crippen LogP contribution in [-0.2, 0) is 26.0 Å². The normalized spacial score (nSPS) is 19.0. The number of carbonyl (C=O) groups is 2. The van der Waals surface area contributed by atoms with E-state index in [4.69, 9.17) is 10.5 Å². The topological polar surface area (TPSA) is 119 Å². The highest BCUT2D eigenvalue weighted by Gasteiger charge is 2.28. The minimum atomic E-state index is -3.35. The van der Waals surface area contributed by atoms with Gasteiger partial charge in [-0.1, -0.05) is 0 Å². The van der Waals surface area contributed by atoms with Crippen molar-refractivity contribution < 1.29 is 22.7 Å². The Hall–Kier alpha value is -2.13. The second-order valence-electron chi connectivity index (χ2n) is 7.48. The van der Waals surface area contributed by atoms with Crippen LogP contribution in [0.4, 0.5) is 5.69 Å². The molecule has 0 saturated carbocycles. The van der Waals surface area contributed by atoms with E-state index in [0.29, 0.717) is 43.9 Å². The van der Waals surface area contributed by atoms with Crippen LogP contribution >= 0.6 is 0 Å². The molecule has 1 aromatic rings. The molecule has 2 aliphatic heterocycles. The molecule has 8 nitrogen and oxygen atoms in total. The summed E-state index contributed by atoms with van der Waals surface area (Å²) in [6.07, 6.45) is 4.23. The van der Waals surface area contributed by atoms with Crippen molar-refractivity contribution >= 4 is 27.5 Å². The molecule has 2 heterocycles. The van der Waals surface area contributed by atoms with Gasteiger partial charge in [0.2, 0.25) is 15.9 Å². The lowest BCUT2D eigenvalue weighted by Gasteiger charge is -2.31. The molecule has 3 N–H and O–H groups in total. The molecule has 0 radical (unpaired) electrons. The molecule has 2 amide bonds. The van der Waals surface area contributed by atoms with Crippen LogP contribution in [0.1, 0.15) is 41.6 Å². The Kier molecular flexibility index (Phi) is 6.24. The molecule has 1 aromatic carbocycles. The molecular weight excluding hydrogens is 382 g/mol. The second-order valence-corrected chi connectivity index (χ2v) is 9.39. The number of nitrogens with one attached hydrogen (secondary N) is 1. The molecule has 0 aliphatic carbocycles. The fraction of sp³-hybridized carbons (Fsp3) is 0.579. The van der Waals surface area contributed by atoms with Crippen molar-refractivity contribution in [2.24, 2.45) is 11.7 Å². The van der Waals surface area contributed by atoms with Crippen molar-refractivity contribution in [3.8, 4) is 0 Å². The summed E-state index contributed by atoms with van der Waals surface area (Å²) in [5.74, 6) is -0.591. The Morgan fingerprint density at radius 2 is 2.04 bits per heavy atom. The third-order valence-electron chi connectivity index (χ3n) is 5.39. The van der Waals surface area contributed by atoms with Crippen molar-refractivity contribution in [1.29, 1.82) is 0 Å². The van der Waals surface area contributed by atoms with E-state index in [1.807, 2.05) is 0 Å². The molecule has 0 bridgehead atoms. The first-order valence-electron chi connectivity index (χ1n) is 9.53. The number of anilines is 1. The number of hydrogen-bond donors (Lipinski definition) is 2. The summed E-state index contributed by atoms with van der Waals surface area (Å²) in [7, 11) is -3.35. The van der Waals surface area contributed by atoms with E-state index in [1.165, 1.54) is 10.6 Å². The van der Waals surface area contributed by atoms with E-state index in [-0.39, 0.29) is 24.3 Å². The van der Waals surface area contributed by atoms with Gasteiger partial charge < -0.3 is 15.8 Å². The van der Waals surface area contributed by atoms with Crippen LogP contribution in [0.5, 0.6) is 0 Å². The quantitative estimate of drug-likeness (QED) is 0.720. The molecule has 2 aliphatic rings. The van der Waals surface area contributed by atoms with Gasteiger partial charge in [-0.2, -0.15) is 0 Å². The van der Waals surface area contributed by atoms with Crippen molar-refractivity contribution in [3.05, 3.63) is 29.3 Å². The summed E-state index contributed by atoms with van der Waals surface area (Å²) in [6.45, 7) is 1.66. The smallest absolute Gasteiger partial charge is 0.251 e. The lowest BCUT2D eigenvalue weighted by atomic mass is 9.89. The number of nitrogens with zero attached hydrogens (tertiary/aromatic N) is 1. The predicted octanol–water partition coefficient (Wildman–Crippen LogP) is 0.799. The third kappa shape index (κ3) is 4.82. The summed E-state index contributed by atoms with van der Waals surface area (Å²) in [5, 5.41) is 2.96. The number of carbonyl (C=O) groups excluding carboxylic acids is 2. The Labute approximate surface area is 165 Å². The number of fused-ring (bicyclic) bond motifs is 1. The van der Waals surface area contributed by atoms with E-state index in [0.717, 1.165) is 18.4 Å². The minimum absolute atomic E-state index is 0.0865. The monoisotopic (exact) mass is 409 g/mol. The van der Waals surface area contributed by atoms with Gasteiger partial charge >= 0.3 is 0 Å². The van der Waals surface area contributed by atoms with Crippen LogP contribution in [0, 0.1) is 5.92 Å². The summed E-state index contributed by atoms with van der Waals surface area (Å²) in [4.78, 5) is 24.3. The highest BCUT2D eigenvalue weighted by molar-refractivity contribution is 7.92. The molecule has 0 spiro atoms. The van der Waals surface area contributed by atoms with Crippen LogP contribution in [0.25, 0.3) is 0 Å². The number of aryl methyl sites for hydroxylation is 1. The Morgan fingerprint density at radius 3 is 2.68 bits per heavy atom. The number of primary amides is 1. The highest BCUT2D eigenvalue weighted by Crippen LogP contribution is 2.30. The molecule has 0 aromatic heterocycles. The molecule has 1 fully saturated rings. The number of nitrogens with two attached hydrogens (primary N) is 1. The van der Waals surface area contributed by atoms with Crippen molar-refractivity contribution in [3.63, 3.8) is 0 Å². The zero-order valence-corrected chi connectivity index (χ0v) is 16.8. The second kappa shape index (κ2) is 8.48. The van der Waals surface area contributed by atoms with Gasteiger partial charge in [-0.05, 0) is 55.4 Å². The zero-order chi connectivity index (χ0) is 20.3. The van der Waals surface area contributed by atoms with Crippen LogP contribution in [0.15, 0.2) is 18.2 Å². The lowest BCUT2D eigenvalue weighted by Crippen LogP contribution is -2.44. The van der Waals surface area contributed by atoms with Crippen LogP contribution in [-0.4, -0.2) is 52.3 Å². The molecule has 28 heavy (non-hydrogen) atoms. The number of ether oxygens (including phenoxy) is 1. The third-order valence-corrected chi connectivity index (χ3v) is 6.57. The van der Waals surface area contributed by atoms with Gasteiger partial charge in [0.15, 0.2) is 0 Å². The van der Waals surface area contributed by atoms with Gasteiger partial charge in [0.1, 0.15) is 0 Å². The van der Waals surface area contributed by atoms with Gasteiger partial charge in [-0.25, -0.2) is 8.42 Å². The molecular formula is C19H27N3O5S. The fourth-order valence-corrected chi connectivity index (χ4v) is 4.97. The van der Waals surface area contributed by atoms with Crippen molar-refractivity contribution in [2.75, 3.05) is 30.3 Å². The van der Waals surface area contributed by atoms with E-state index >= 15 is 0 Å².